The van der Waals surface area contributed by atoms with Gasteiger partial charge in [-0.3, -0.25) is 14.5 Å². The average Bonchev–Trinajstić information content (AvgIpc) is 3.08. The van der Waals surface area contributed by atoms with Crippen molar-refractivity contribution >= 4 is 5.91 Å². The quantitative estimate of drug-likeness (QED) is 0.813. The maximum atomic E-state index is 12.2. The van der Waals surface area contributed by atoms with Crippen LogP contribution >= 0.6 is 0 Å². The van der Waals surface area contributed by atoms with Gasteiger partial charge in [0.15, 0.2) is 0 Å². The lowest BCUT2D eigenvalue weighted by atomic mass is 10.1. The van der Waals surface area contributed by atoms with Gasteiger partial charge in [0.1, 0.15) is 5.69 Å². The Balaban J connectivity index is 1.67. The molecule has 1 amide bonds. The molecule has 3 rings (SSSR count). The number of hydrogen-bond acceptors (Lipinski definition) is 4. The van der Waals surface area contributed by atoms with Crippen LogP contribution in [0.5, 0.6) is 0 Å². The van der Waals surface area contributed by atoms with Crippen molar-refractivity contribution in [3.8, 4) is 0 Å². The fraction of sp³-hybridized carbons (Fsp3) is 0.571. The molecule has 20 heavy (non-hydrogen) atoms. The summed E-state index contributed by atoms with van der Waals surface area (Å²) in [7, 11) is 0. The second kappa shape index (κ2) is 5.76. The van der Waals surface area contributed by atoms with E-state index in [1.165, 1.54) is 18.9 Å². The summed E-state index contributed by atoms with van der Waals surface area (Å²) < 4.78 is 5.51. The molecule has 0 aliphatic carbocycles. The maximum Gasteiger partial charge on any atom is 0.268 e. The molecule has 2 saturated heterocycles. The number of carbonyl (C=O) groups excluding carboxylic acids is 1. The van der Waals surface area contributed by atoms with Gasteiger partial charge in [0.2, 0.25) is 5.56 Å². The van der Waals surface area contributed by atoms with Crippen molar-refractivity contribution in [2.45, 2.75) is 24.9 Å². The highest BCUT2D eigenvalue weighted by Crippen LogP contribution is 2.19. The Morgan fingerprint density at radius 1 is 1.30 bits per heavy atom. The molecular formula is C14H19N3O3. The summed E-state index contributed by atoms with van der Waals surface area (Å²) in [5, 5.41) is 2.97. The SMILES string of the molecule is O=C(N[C@H]1COC[C@@H]1N1CCCC1)c1cccc(=O)[nH]1. The molecule has 0 saturated carbocycles. The highest BCUT2D eigenvalue weighted by Gasteiger charge is 2.35. The minimum absolute atomic E-state index is 0.00990. The van der Waals surface area contributed by atoms with Gasteiger partial charge in [-0.25, -0.2) is 0 Å². The van der Waals surface area contributed by atoms with Crippen LogP contribution in [0.1, 0.15) is 23.3 Å². The lowest BCUT2D eigenvalue weighted by molar-refractivity contribution is 0.0911. The third kappa shape index (κ3) is 2.76. The summed E-state index contributed by atoms with van der Waals surface area (Å²) in [4.78, 5) is 28.3. The van der Waals surface area contributed by atoms with E-state index in [4.69, 9.17) is 4.74 Å². The standard InChI is InChI=1S/C14H19N3O3/c18-13-5-3-4-10(15-13)14(19)16-11-8-20-9-12(11)17-6-1-2-7-17/h3-5,11-12H,1-2,6-9H2,(H,15,18)(H,16,19)/t11-,12-/m0/s1. The van der Waals surface area contributed by atoms with Crippen molar-refractivity contribution in [2.24, 2.45) is 0 Å². The first kappa shape index (κ1) is 13.3. The second-order valence-corrected chi connectivity index (χ2v) is 5.36. The lowest BCUT2D eigenvalue weighted by Crippen LogP contribution is -2.50. The second-order valence-electron chi connectivity index (χ2n) is 5.36. The number of nitrogens with zero attached hydrogens (tertiary/aromatic N) is 1. The van der Waals surface area contributed by atoms with Crippen molar-refractivity contribution in [2.75, 3.05) is 26.3 Å². The molecule has 3 heterocycles. The number of aromatic amines is 1. The van der Waals surface area contributed by atoms with E-state index in [-0.39, 0.29) is 23.6 Å². The van der Waals surface area contributed by atoms with Crippen LogP contribution < -0.4 is 10.9 Å². The highest BCUT2D eigenvalue weighted by molar-refractivity contribution is 5.92. The number of rotatable bonds is 3. The smallest absolute Gasteiger partial charge is 0.268 e. The first-order chi connectivity index (χ1) is 9.74. The van der Waals surface area contributed by atoms with Crippen molar-refractivity contribution in [3.63, 3.8) is 0 Å². The molecule has 2 atom stereocenters. The number of pyridine rings is 1. The first-order valence-electron chi connectivity index (χ1n) is 7.06. The van der Waals surface area contributed by atoms with Gasteiger partial charge >= 0.3 is 0 Å². The first-order valence-corrected chi connectivity index (χ1v) is 7.06. The van der Waals surface area contributed by atoms with Crippen LogP contribution in [0.25, 0.3) is 0 Å². The number of H-pyrrole nitrogens is 1. The Morgan fingerprint density at radius 3 is 2.85 bits per heavy atom. The summed E-state index contributed by atoms with van der Waals surface area (Å²) in [5.41, 5.74) is 0.0287. The predicted molar refractivity (Wildman–Crippen MR) is 73.7 cm³/mol. The average molecular weight is 277 g/mol. The maximum absolute atomic E-state index is 12.2. The van der Waals surface area contributed by atoms with Gasteiger partial charge in [-0.2, -0.15) is 0 Å². The summed E-state index contributed by atoms with van der Waals surface area (Å²) in [5.74, 6) is -0.248. The molecule has 2 N–H and O–H groups in total. The molecule has 2 fully saturated rings. The molecule has 0 bridgehead atoms. The monoisotopic (exact) mass is 277 g/mol. The van der Waals surface area contributed by atoms with Gasteiger partial charge in [-0.15, -0.1) is 0 Å². The van der Waals surface area contributed by atoms with Gasteiger partial charge in [-0.1, -0.05) is 6.07 Å². The fourth-order valence-electron chi connectivity index (χ4n) is 2.94. The van der Waals surface area contributed by atoms with Crippen LogP contribution in [0.3, 0.4) is 0 Å². The van der Waals surface area contributed by atoms with E-state index in [1.54, 1.807) is 12.1 Å². The van der Waals surface area contributed by atoms with Gasteiger partial charge < -0.3 is 15.0 Å². The molecule has 0 radical (unpaired) electrons. The zero-order valence-corrected chi connectivity index (χ0v) is 11.3. The largest absolute Gasteiger partial charge is 0.378 e. The molecule has 2 aliphatic rings. The van der Waals surface area contributed by atoms with E-state index in [1.807, 2.05) is 0 Å². The topological polar surface area (TPSA) is 74.4 Å². The molecule has 1 aromatic heterocycles. The molecule has 2 aliphatic heterocycles. The fourth-order valence-corrected chi connectivity index (χ4v) is 2.94. The molecule has 0 unspecified atom stereocenters. The Kier molecular flexibility index (Phi) is 3.84. The summed E-state index contributed by atoms with van der Waals surface area (Å²) in [6.45, 7) is 3.34. The highest BCUT2D eigenvalue weighted by atomic mass is 16.5. The number of hydrogen-bond donors (Lipinski definition) is 2. The van der Waals surface area contributed by atoms with E-state index in [9.17, 15) is 9.59 Å². The molecule has 0 aromatic carbocycles. The minimum Gasteiger partial charge on any atom is -0.378 e. The van der Waals surface area contributed by atoms with E-state index >= 15 is 0 Å². The van der Waals surface area contributed by atoms with E-state index in [0.29, 0.717) is 18.9 Å². The molecule has 0 spiro atoms. The summed E-state index contributed by atoms with van der Waals surface area (Å²) in [6.07, 6.45) is 2.42. The molecule has 108 valence electrons. The Morgan fingerprint density at radius 2 is 2.10 bits per heavy atom. The molecule has 6 nitrogen and oxygen atoms in total. The number of ether oxygens (including phenoxy) is 1. The molecule has 6 heteroatoms. The van der Waals surface area contributed by atoms with E-state index in [2.05, 4.69) is 15.2 Å². The third-order valence-electron chi connectivity index (χ3n) is 3.99. The number of aromatic nitrogens is 1. The minimum atomic E-state index is -0.267. The molecular weight excluding hydrogens is 258 g/mol. The van der Waals surface area contributed by atoms with Crippen LogP contribution in [-0.2, 0) is 4.74 Å². The summed E-state index contributed by atoms with van der Waals surface area (Å²) >= 11 is 0. The zero-order valence-electron chi connectivity index (χ0n) is 11.3. The normalized spacial score (nSPS) is 26.8. The van der Waals surface area contributed by atoms with Crippen molar-refractivity contribution in [1.82, 2.24) is 15.2 Å². The van der Waals surface area contributed by atoms with E-state index in [0.717, 1.165) is 13.1 Å². The number of carbonyl (C=O) groups is 1. The summed E-state index contributed by atoms with van der Waals surface area (Å²) in [6, 6.07) is 4.82. The number of nitrogens with one attached hydrogen (secondary N) is 2. The van der Waals surface area contributed by atoms with E-state index < -0.39 is 0 Å². The number of likely N-dealkylation sites (tertiary alicyclic amines) is 1. The van der Waals surface area contributed by atoms with Crippen molar-refractivity contribution < 1.29 is 9.53 Å². The third-order valence-corrected chi connectivity index (χ3v) is 3.99. The predicted octanol–water partition coefficient (Wildman–Crippen LogP) is -0.0321. The molecule has 1 aromatic rings. The van der Waals surface area contributed by atoms with Gasteiger partial charge in [-0.05, 0) is 32.0 Å². The van der Waals surface area contributed by atoms with Crippen molar-refractivity contribution in [1.29, 1.82) is 0 Å². The van der Waals surface area contributed by atoms with Crippen molar-refractivity contribution in [3.05, 3.63) is 34.2 Å². The Hall–Kier alpha value is -1.66. The Bertz CT molecular complexity index is 536. The Labute approximate surface area is 117 Å². The van der Waals surface area contributed by atoms with Crippen LogP contribution in [-0.4, -0.2) is 54.2 Å². The zero-order chi connectivity index (χ0) is 13.9. The van der Waals surface area contributed by atoms with Gasteiger partial charge in [0.25, 0.3) is 5.91 Å². The number of amides is 1. The van der Waals surface area contributed by atoms with Crippen LogP contribution in [0.15, 0.2) is 23.0 Å². The lowest BCUT2D eigenvalue weighted by Gasteiger charge is -2.27. The van der Waals surface area contributed by atoms with Gasteiger partial charge in [0, 0.05) is 6.07 Å². The van der Waals surface area contributed by atoms with Gasteiger partial charge in [0.05, 0.1) is 25.3 Å². The van der Waals surface area contributed by atoms with Crippen LogP contribution in [0, 0.1) is 0 Å². The van der Waals surface area contributed by atoms with Crippen LogP contribution in [0.4, 0.5) is 0 Å². The van der Waals surface area contributed by atoms with Crippen LogP contribution in [0.2, 0.25) is 0 Å².